The Kier molecular flexibility index (Phi) is 5.23. The fraction of sp³-hybridized carbons (Fsp3) is 0.588. The van der Waals surface area contributed by atoms with Gasteiger partial charge in [0.15, 0.2) is 0 Å². The van der Waals surface area contributed by atoms with E-state index in [0.29, 0.717) is 6.61 Å². The molecule has 0 unspecified atom stereocenters. The van der Waals surface area contributed by atoms with E-state index >= 15 is 0 Å². The number of ether oxygens (including phenoxy) is 1. The SMILES string of the molecule is CCCOc1cccc(C(=O)N2CCC(C)(NC)CC2)c1. The second-order valence-corrected chi connectivity index (χ2v) is 5.98. The summed E-state index contributed by atoms with van der Waals surface area (Å²) in [6, 6.07) is 7.51. The second-order valence-electron chi connectivity index (χ2n) is 5.98. The quantitative estimate of drug-likeness (QED) is 0.906. The number of carbonyl (C=O) groups excluding carboxylic acids is 1. The molecule has 1 N–H and O–H groups in total. The molecule has 1 aliphatic rings. The Balaban J connectivity index is 2.00. The van der Waals surface area contributed by atoms with Crippen LogP contribution in [0.2, 0.25) is 0 Å². The highest BCUT2D eigenvalue weighted by Crippen LogP contribution is 2.23. The molecule has 116 valence electrons. The number of likely N-dealkylation sites (tertiary alicyclic amines) is 1. The first kappa shape index (κ1) is 15.8. The van der Waals surface area contributed by atoms with Gasteiger partial charge in [0, 0.05) is 24.2 Å². The summed E-state index contributed by atoms with van der Waals surface area (Å²) in [5.41, 5.74) is 0.875. The van der Waals surface area contributed by atoms with Gasteiger partial charge in [-0.25, -0.2) is 0 Å². The van der Waals surface area contributed by atoms with Crippen molar-refractivity contribution in [1.82, 2.24) is 10.2 Å². The van der Waals surface area contributed by atoms with Crippen LogP contribution in [-0.4, -0.2) is 43.1 Å². The first-order valence-corrected chi connectivity index (χ1v) is 7.79. The Morgan fingerprint density at radius 2 is 2.10 bits per heavy atom. The van der Waals surface area contributed by atoms with Crippen LogP contribution in [0, 0.1) is 0 Å². The van der Waals surface area contributed by atoms with E-state index in [0.717, 1.165) is 43.7 Å². The molecule has 1 aromatic carbocycles. The van der Waals surface area contributed by atoms with E-state index in [1.807, 2.05) is 36.2 Å². The number of rotatable bonds is 5. The molecule has 0 atom stereocenters. The number of hydrogen-bond acceptors (Lipinski definition) is 3. The molecule has 1 saturated heterocycles. The van der Waals surface area contributed by atoms with Crippen molar-refractivity contribution >= 4 is 5.91 Å². The summed E-state index contributed by atoms with van der Waals surface area (Å²) in [6.45, 7) is 6.57. The van der Waals surface area contributed by atoms with Crippen LogP contribution in [0.3, 0.4) is 0 Å². The molecule has 4 nitrogen and oxygen atoms in total. The number of nitrogens with zero attached hydrogens (tertiary/aromatic N) is 1. The van der Waals surface area contributed by atoms with Crippen molar-refractivity contribution in [3.05, 3.63) is 29.8 Å². The normalized spacial score (nSPS) is 17.6. The standard InChI is InChI=1S/C17H26N2O2/c1-4-12-21-15-7-5-6-14(13-15)16(20)19-10-8-17(2,18-3)9-11-19/h5-7,13,18H,4,8-12H2,1-3H3. The van der Waals surface area contributed by atoms with Crippen molar-refractivity contribution in [2.24, 2.45) is 0 Å². The highest BCUT2D eigenvalue weighted by molar-refractivity contribution is 5.94. The molecule has 0 radical (unpaired) electrons. The molecule has 21 heavy (non-hydrogen) atoms. The van der Waals surface area contributed by atoms with Gasteiger partial charge in [-0.3, -0.25) is 4.79 Å². The molecule has 1 aromatic rings. The summed E-state index contributed by atoms with van der Waals surface area (Å²) in [5.74, 6) is 0.884. The summed E-state index contributed by atoms with van der Waals surface area (Å²) in [7, 11) is 1.99. The lowest BCUT2D eigenvalue weighted by molar-refractivity contribution is 0.0661. The average molecular weight is 290 g/mol. The predicted octanol–water partition coefficient (Wildman–Crippen LogP) is 2.69. The third kappa shape index (κ3) is 3.97. The lowest BCUT2D eigenvalue weighted by Crippen LogP contribution is -2.51. The number of hydrogen-bond donors (Lipinski definition) is 1. The van der Waals surface area contributed by atoms with Crippen molar-refractivity contribution in [2.45, 2.75) is 38.6 Å². The third-order valence-electron chi connectivity index (χ3n) is 4.31. The topological polar surface area (TPSA) is 41.6 Å². The Labute approximate surface area is 127 Å². The Bertz CT molecular complexity index is 479. The van der Waals surface area contributed by atoms with Crippen LogP contribution in [0.1, 0.15) is 43.5 Å². The van der Waals surface area contributed by atoms with E-state index in [4.69, 9.17) is 4.74 Å². The van der Waals surface area contributed by atoms with E-state index in [-0.39, 0.29) is 11.4 Å². The maximum Gasteiger partial charge on any atom is 0.253 e. The lowest BCUT2D eigenvalue weighted by Gasteiger charge is -2.39. The maximum atomic E-state index is 12.6. The molecule has 0 aromatic heterocycles. The molecule has 1 amide bonds. The minimum Gasteiger partial charge on any atom is -0.494 e. The summed E-state index contributed by atoms with van der Waals surface area (Å²) < 4.78 is 5.60. The molecule has 2 rings (SSSR count). The molecule has 0 bridgehead atoms. The van der Waals surface area contributed by atoms with E-state index in [1.54, 1.807) is 0 Å². The maximum absolute atomic E-state index is 12.6. The van der Waals surface area contributed by atoms with E-state index in [9.17, 15) is 4.79 Å². The molecule has 1 heterocycles. The lowest BCUT2D eigenvalue weighted by atomic mass is 9.89. The number of amides is 1. The number of benzene rings is 1. The summed E-state index contributed by atoms with van der Waals surface area (Å²) in [5, 5.41) is 3.35. The van der Waals surface area contributed by atoms with Gasteiger partial charge in [0.25, 0.3) is 5.91 Å². The highest BCUT2D eigenvalue weighted by atomic mass is 16.5. The molecule has 1 fully saturated rings. The van der Waals surface area contributed by atoms with Crippen LogP contribution in [0.15, 0.2) is 24.3 Å². The van der Waals surface area contributed by atoms with Gasteiger partial charge in [-0.05, 0) is 51.4 Å². The van der Waals surface area contributed by atoms with Crippen LogP contribution in [0.25, 0.3) is 0 Å². The van der Waals surface area contributed by atoms with Gasteiger partial charge in [0.2, 0.25) is 0 Å². The van der Waals surface area contributed by atoms with Crippen LogP contribution < -0.4 is 10.1 Å². The number of nitrogens with one attached hydrogen (secondary N) is 1. The fourth-order valence-corrected chi connectivity index (χ4v) is 2.57. The summed E-state index contributed by atoms with van der Waals surface area (Å²) in [4.78, 5) is 14.5. The van der Waals surface area contributed by atoms with Crippen molar-refractivity contribution in [2.75, 3.05) is 26.7 Å². The van der Waals surface area contributed by atoms with Gasteiger partial charge >= 0.3 is 0 Å². The van der Waals surface area contributed by atoms with Gasteiger partial charge in [-0.1, -0.05) is 13.0 Å². The van der Waals surface area contributed by atoms with Crippen LogP contribution >= 0.6 is 0 Å². The van der Waals surface area contributed by atoms with E-state index in [1.165, 1.54) is 0 Å². The molecule has 0 saturated carbocycles. The van der Waals surface area contributed by atoms with Crippen LogP contribution in [0.4, 0.5) is 0 Å². The third-order valence-corrected chi connectivity index (χ3v) is 4.31. The smallest absolute Gasteiger partial charge is 0.253 e. The molecular weight excluding hydrogens is 264 g/mol. The first-order chi connectivity index (χ1) is 10.1. The molecule has 1 aliphatic heterocycles. The van der Waals surface area contributed by atoms with E-state index < -0.39 is 0 Å². The summed E-state index contributed by atoms with van der Waals surface area (Å²) >= 11 is 0. The number of piperidine rings is 1. The van der Waals surface area contributed by atoms with Gasteiger partial charge in [-0.2, -0.15) is 0 Å². The second kappa shape index (κ2) is 6.94. The monoisotopic (exact) mass is 290 g/mol. The molecule has 0 aliphatic carbocycles. The van der Waals surface area contributed by atoms with Gasteiger partial charge in [0.05, 0.1) is 6.61 Å². The van der Waals surface area contributed by atoms with Crippen molar-refractivity contribution < 1.29 is 9.53 Å². The van der Waals surface area contributed by atoms with Gasteiger partial charge in [-0.15, -0.1) is 0 Å². The fourth-order valence-electron chi connectivity index (χ4n) is 2.57. The zero-order chi connectivity index (χ0) is 15.3. The van der Waals surface area contributed by atoms with Crippen molar-refractivity contribution in [3.63, 3.8) is 0 Å². The predicted molar refractivity (Wildman–Crippen MR) is 84.8 cm³/mol. The van der Waals surface area contributed by atoms with Crippen molar-refractivity contribution in [1.29, 1.82) is 0 Å². The molecule has 0 spiro atoms. The Morgan fingerprint density at radius 1 is 1.38 bits per heavy atom. The van der Waals surface area contributed by atoms with E-state index in [2.05, 4.69) is 19.2 Å². The molecular formula is C17H26N2O2. The summed E-state index contributed by atoms with van der Waals surface area (Å²) in [6.07, 6.45) is 2.94. The van der Waals surface area contributed by atoms with Gasteiger partial charge in [0.1, 0.15) is 5.75 Å². The van der Waals surface area contributed by atoms with Crippen LogP contribution in [-0.2, 0) is 0 Å². The molecule has 4 heteroatoms. The largest absolute Gasteiger partial charge is 0.494 e. The zero-order valence-electron chi connectivity index (χ0n) is 13.3. The minimum atomic E-state index is 0.107. The Hall–Kier alpha value is -1.55. The Morgan fingerprint density at radius 3 is 2.71 bits per heavy atom. The first-order valence-electron chi connectivity index (χ1n) is 7.79. The van der Waals surface area contributed by atoms with Crippen molar-refractivity contribution in [3.8, 4) is 5.75 Å². The van der Waals surface area contributed by atoms with Crippen LogP contribution in [0.5, 0.6) is 5.75 Å². The highest BCUT2D eigenvalue weighted by Gasteiger charge is 2.30. The number of carbonyl (C=O) groups is 1. The zero-order valence-corrected chi connectivity index (χ0v) is 13.3. The minimum absolute atomic E-state index is 0.107. The van der Waals surface area contributed by atoms with Gasteiger partial charge < -0.3 is 15.0 Å². The average Bonchev–Trinajstić information content (AvgIpc) is 2.53.